The van der Waals surface area contributed by atoms with E-state index in [0.29, 0.717) is 11.8 Å². The Hall–Kier alpha value is -0.770. The van der Waals surface area contributed by atoms with E-state index in [9.17, 15) is 4.79 Å². The molecule has 0 bridgehead atoms. The second-order valence-electron chi connectivity index (χ2n) is 6.77. The van der Waals surface area contributed by atoms with E-state index < -0.39 is 5.60 Å². The summed E-state index contributed by atoms with van der Waals surface area (Å²) >= 11 is 0. The summed E-state index contributed by atoms with van der Waals surface area (Å²) in [5.74, 6) is 1.29. The number of likely N-dealkylation sites (tertiary alicyclic amines) is 1. The normalized spacial score (nSPS) is 37.2. The summed E-state index contributed by atoms with van der Waals surface area (Å²) in [5.41, 5.74) is -0.452. The molecule has 1 N–H and O–H groups in total. The van der Waals surface area contributed by atoms with Crippen molar-refractivity contribution in [2.24, 2.45) is 11.8 Å². The molecule has 98 valence electrons. The van der Waals surface area contributed by atoms with Gasteiger partial charge in [0.2, 0.25) is 0 Å². The molecule has 4 nitrogen and oxygen atoms in total. The molecule has 2 rings (SSSR count). The summed E-state index contributed by atoms with van der Waals surface area (Å²) in [6, 6.07) is 0. The van der Waals surface area contributed by atoms with Gasteiger partial charge in [0, 0.05) is 13.1 Å². The lowest BCUT2D eigenvalue weighted by molar-refractivity contribution is 0.0174. The number of likely N-dealkylation sites (N-methyl/N-ethyl adjacent to an activating group) is 1. The molecule has 17 heavy (non-hydrogen) atoms. The summed E-state index contributed by atoms with van der Waals surface area (Å²) in [5, 5.41) is 3.11. The first-order valence-electron chi connectivity index (χ1n) is 6.42. The molecular weight excluding hydrogens is 216 g/mol. The van der Waals surface area contributed by atoms with Crippen LogP contribution in [0, 0.1) is 11.8 Å². The van der Waals surface area contributed by atoms with Crippen molar-refractivity contribution in [3.05, 3.63) is 0 Å². The molecule has 4 heteroatoms. The predicted octanol–water partition coefficient (Wildman–Crippen LogP) is 1.85. The Morgan fingerprint density at radius 1 is 1.47 bits per heavy atom. The lowest BCUT2D eigenvalue weighted by atomic mass is 9.62. The summed E-state index contributed by atoms with van der Waals surface area (Å²) < 4.78 is 5.35. The third kappa shape index (κ3) is 2.41. The van der Waals surface area contributed by atoms with Gasteiger partial charge in [-0.05, 0) is 46.1 Å². The highest BCUT2D eigenvalue weighted by Crippen LogP contribution is 2.48. The second-order valence-corrected chi connectivity index (χ2v) is 6.77. The molecule has 0 spiro atoms. The largest absolute Gasteiger partial charge is 0.444 e. The molecule has 1 aliphatic heterocycles. The molecule has 0 aromatic heterocycles. The van der Waals surface area contributed by atoms with Crippen LogP contribution in [-0.2, 0) is 4.74 Å². The van der Waals surface area contributed by atoms with Gasteiger partial charge in [0.05, 0.1) is 5.54 Å². The van der Waals surface area contributed by atoms with E-state index in [1.807, 2.05) is 20.8 Å². The van der Waals surface area contributed by atoms with Crippen LogP contribution in [0.2, 0.25) is 0 Å². The minimum Gasteiger partial charge on any atom is -0.444 e. The zero-order chi connectivity index (χ0) is 12.8. The maximum Gasteiger partial charge on any atom is 0.408 e. The van der Waals surface area contributed by atoms with Crippen molar-refractivity contribution >= 4 is 6.09 Å². The van der Waals surface area contributed by atoms with Gasteiger partial charge in [-0.3, -0.25) is 0 Å². The monoisotopic (exact) mass is 240 g/mol. The number of hydrogen-bond acceptors (Lipinski definition) is 3. The van der Waals surface area contributed by atoms with Gasteiger partial charge in [0.1, 0.15) is 5.60 Å². The molecule has 0 aromatic carbocycles. The third-order valence-corrected chi connectivity index (χ3v) is 3.89. The van der Waals surface area contributed by atoms with Crippen LogP contribution in [0.15, 0.2) is 0 Å². The quantitative estimate of drug-likeness (QED) is 0.760. The number of carbonyl (C=O) groups excluding carboxylic acids is 1. The summed E-state index contributed by atoms with van der Waals surface area (Å²) in [6.45, 7) is 9.97. The maximum absolute atomic E-state index is 11.9. The third-order valence-electron chi connectivity index (χ3n) is 3.89. The average Bonchev–Trinajstić information content (AvgIpc) is 2.34. The van der Waals surface area contributed by atoms with Gasteiger partial charge in [-0.2, -0.15) is 0 Å². The van der Waals surface area contributed by atoms with Crippen molar-refractivity contribution in [1.82, 2.24) is 10.2 Å². The lowest BCUT2D eigenvalue weighted by Crippen LogP contribution is -2.64. The first-order valence-corrected chi connectivity index (χ1v) is 6.42. The Kier molecular flexibility index (Phi) is 2.89. The van der Waals surface area contributed by atoms with Gasteiger partial charge in [-0.15, -0.1) is 0 Å². The fourth-order valence-corrected chi connectivity index (χ4v) is 3.36. The summed E-state index contributed by atoms with van der Waals surface area (Å²) in [7, 11) is 2.11. The van der Waals surface area contributed by atoms with Crippen molar-refractivity contribution < 1.29 is 9.53 Å². The number of hydrogen-bond donors (Lipinski definition) is 1. The van der Waals surface area contributed by atoms with Crippen LogP contribution < -0.4 is 5.32 Å². The van der Waals surface area contributed by atoms with Gasteiger partial charge in [0.25, 0.3) is 0 Å². The van der Waals surface area contributed by atoms with E-state index >= 15 is 0 Å². The number of amides is 1. The Labute approximate surface area is 104 Å². The number of carbonyl (C=O) groups is 1. The fraction of sp³-hybridized carbons (Fsp3) is 0.923. The van der Waals surface area contributed by atoms with Crippen LogP contribution in [0.3, 0.4) is 0 Å². The molecule has 1 aliphatic carbocycles. The van der Waals surface area contributed by atoms with E-state index in [4.69, 9.17) is 4.74 Å². The van der Waals surface area contributed by atoms with Gasteiger partial charge < -0.3 is 15.0 Å². The van der Waals surface area contributed by atoms with Gasteiger partial charge in [0.15, 0.2) is 0 Å². The van der Waals surface area contributed by atoms with Gasteiger partial charge in [-0.25, -0.2) is 4.79 Å². The fourth-order valence-electron chi connectivity index (χ4n) is 3.36. The number of nitrogens with one attached hydrogen (secondary N) is 1. The molecule has 0 radical (unpaired) electrons. The highest BCUT2D eigenvalue weighted by molar-refractivity contribution is 5.69. The first-order chi connectivity index (χ1) is 7.72. The Morgan fingerprint density at radius 3 is 2.65 bits per heavy atom. The predicted molar refractivity (Wildman–Crippen MR) is 66.9 cm³/mol. The molecule has 2 fully saturated rings. The van der Waals surface area contributed by atoms with E-state index in [1.54, 1.807) is 0 Å². The van der Waals surface area contributed by atoms with Crippen molar-refractivity contribution in [1.29, 1.82) is 0 Å². The van der Waals surface area contributed by atoms with E-state index in [-0.39, 0.29) is 11.6 Å². The van der Waals surface area contributed by atoms with Crippen molar-refractivity contribution in [3.63, 3.8) is 0 Å². The molecule has 1 saturated carbocycles. The minimum absolute atomic E-state index is 0.0312. The van der Waals surface area contributed by atoms with Gasteiger partial charge in [-0.1, -0.05) is 6.92 Å². The van der Waals surface area contributed by atoms with Crippen LogP contribution in [0.5, 0.6) is 0 Å². The second kappa shape index (κ2) is 3.87. The number of fused-ring (bicyclic) bond motifs is 1. The standard InChI is InChI=1S/C13H24N2O2/c1-9-6-13(8-15(5)7-10(9)13)14-11(16)17-12(2,3)4/h9-10H,6-8H2,1-5H3,(H,14,16)/t9-,10+,13-/m0/s1. The molecule has 1 amide bonds. The molecule has 1 heterocycles. The van der Waals surface area contributed by atoms with Gasteiger partial charge >= 0.3 is 6.09 Å². The number of alkyl carbamates (subject to hydrolysis) is 1. The highest BCUT2D eigenvalue weighted by atomic mass is 16.6. The van der Waals surface area contributed by atoms with E-state index in [2.05, 4.69) is 24.2 Å². The Balaban J connectivity index is 1.97. The maximum atomic E-state index is 11.9. The number of rotatable bonds is 1. The molecule has 3 atom stereocenters. The molecule has 0 aromatic rings. The van der Waals surface area contributed by atoms with Crippen LogP contribution in [0.25, 0.3) is 0 Å². The highest BCUT2D eigenvalue weighted by Gasteiger charge is 2.57. The zero-order valence-electron chi connectivity index (χ0n) is 11.5. The smallest absolute Gasteiger partial charge is 0.408 e. The van der Waals surface area contributed by atoms with Crippen molar-refractivity contribution in [2.75, 3.05) is 20.1 Å². The molecule has 1 saturated heterocycles. The van der Waals surface area contributed by atoms with Crippen LogP contribution in [0.4, 0.5) is 4.79 Å². The first kappa shape index (κ1) is 12.7. The number of nitrogens with zero attached hydrogens (tertiary/aromatic N) is 1. The van der Waals surface area contributed by atoms with E-state index in [0.717, 1.165) is 19.5 Å². The van der Waals surface area contributed by atoms with Crippen LogP contribution in [0.1, 0.15) is 34.1 Å². The van der Waals surface area contributed by atoms with Crippen molar-refractivity contribution in [2.45, 2.75) is 45.3 Å². The van der Waals surface area contributed by atoms with Crippen molar-refractivity contribution in [3.8, 4) is 0 Å². The number of ether oxygens (including phenoxy) is 1. The Bertz CT molecular complexity index is 324. The average molecular weight is 240 g/mol. The van der Waals surface area contributed by atoms with Crippen LogP contribution >= 0.6 is 0 Å². The molecule has 2 aliphatic rings. The summed E-state index contributed by atoms with van der Waals surface area (Å²) in [6.07, 6.45) is 0.797. The van der Waals surface area contributed by atoms with E-state index in [1.165, 1.54) is 0 Å². The lowest BCUT2D eigenvalue weighted by Gasteiger charge is -2.49. The zero-order valence-corrected chi connectivity index (χ0v) is 11.5. The summed E-state index contributed by atoms with van der Waals surface area (Å²) in [4.78, 5) is 14.2. The SMILES string of the molecule is C[C@H]1C[C@]2(NC(=O)OC(C)(C)C)CN(C)C[C@H]12. The molecule has 0 unspecified atom stereocenters. The molecular formula is C13H24N2O2. The minimum atomic E-state index is -0.421. The van der Waals surface area contributed by atoms with Crippen LogP contribution in [-0.4, -0.2) is 42.3 Å². The topological polar surface area (TPSA) is 41.6 Å². The Morgan fingerprint density at radius 2 is 2.12 bits per heavy atom.